The lowest BCUT2D eigenvalue weighted by Crippen LogP contribution is -2.49. The Bertz CT molecular complexity index is 497. The number of rotatable bonds is 3. The topological polar surface area (TPSA) is 70.4 Å². The number of likely N-dealkylation sites (tertiary alicyclic amines) is 1. The first-order chi connectivity index (χ1) is 10.7. The van der Waals surface area contributed by atoms with E-state index in [1.165, 1.54) is 5.56 Å². The van der Waals surface area contributed by atoms with Crippen molar-refractivity contribution in [2.24, 2.45) is 11.7 Å². The molecule has 3 rings (SSSR count). The van der Waals surface area contributed by atoms with Gasteiger partial charge in [0, 0.05) is 31.6 Å². The SMILES string of the molecule is C[C@@H](N)C(=O)N1CCC(C2NNCC2c2ccccc2)CC1. The van der Waals surface area contributed by atoms with Crippen LogP contribution in [0.2, 0.25) is 0 Å². The molecule has 1 amide bonds. The smallest absolute Gasteiger partial charge is 0.239 e. The molecule has 2 aliphatic heterocycles. The molecule has 22 heavy (non-hydrogen) atoms. The number of nitrogens with two attached hydrogens (primary N) is 1. The van der Waals surface area contributed by atoms with Gasteiger partial charge in [-0.15, -0.1) is 0 Å². The maximum Gasteiger partial charge on any atom is 0.239 e. The quantitative estimate of drug-likeness (QED) is 0.773. The molecule has 5 nitrogen and oxygen atoms in total. The molecular formula is C17H26N4O. The molecule has 2 fully saturated rings. The number of nitrogens with one attached hydrogen (secondary N) is 2. The van der Waals surface area contributed by atoms with Crippen LogP contribution >= 0.6 is 0 Å². The van der Waals surface area contributed by atoms with Gasteiger partial charge in [0.05, 0.1) is 6.04 Å². The van der Waals surface area contributed by atoms with Crippen LogP contribution in [0.5, 0.6) is 0 Å². The predicted octanol–water partition coefficient (Wildman–Crippen LogP) is 0.832. The minimum absolute atomic E-state index is 0.0792. The van der Waals surface area contributed by atoms with Gasteiger partial charge in [-0.3, -0.25) is 15.6 Å². The van der Waals surface area contributed by atoms with E-state index in [-0.39, 0.29) is 11.9 Å². The molecule has 2 unspecified atom stereocenters. The Morgan fingerprint density at radius 3 is 2.59 bits per heavy atom. The van der Waals surface area contributed by atoms with Crippen LogP contribution in [0.25, 0.3) is 0 Å². The summed E-state index contributed by atoms with van der Waals surface area (Å²) < 4.78 is 0. The lowest BCUT2D eigenvalue weighted by Gasteiger charge is -2.37. The largest absolute Gasteiger partial charge is 0.341 e. The van der Waals surface area contributed by atoms with Crippen LogP contribution in [0.15, 0.2) is 30.3 Å². The third-order valence-electron chi connectivity index (χ3n) is 5.00. The summed E-state index contributed by atoms with van der Waals surface area (Å²) in [5.41, 5.74) is 13.9. The molecule has 0 aliphatic carbocycles. The van der Waals surface area contributed by atoms with E-state index < -0.39 is 0 Å². The monoisotopic (exact) mass is 302 g/mol. The number of piperidine rings is 1. The summed E-state index contributed by atoms with van der Waals surface area (Å²) in [4.78, 5) is 13.9. The molecule has 1 aromatic carbocycles. The Morgan fingerprint density at radius 1 is 1.27 bits per heavy atom. The molecule has 120 valence electrons. The van der Waals surface area contributed by atoms with E-state index in [4.69, 9.17) is 5.73 Å². The van der Waals surface area contributed by atoms with E-state index in [0.29, 0.717) is 17.9 Å². The van der Waals surface area contributed by atoms with Gasteiger partial charge in [-0.1, -0.05) is 30.3 Å². The van der Waals surface area contributed by atoms with E-state index in [0.717, 1.165) is 32.5 Å². The second-order valence-corrected chi connectivity index (χ2v) is 6.52. The summed E-state index contributed by atoms with van der Waals surface area (Å²) in [6, 6.07) is 10.7. The van der Waals surface area contributed by atoms with Gasteiger partial charge in [0.25, 0.3) is 0 Å². The Labute approximate surface area is 132 Å². The maximum absolute atomic E-state index is 12.0. The fourth-order valence-corrected chi connectivity index (χ4v) is 3.75. The van der Waals surface area contributed by atoms with Crippen molar-refractivity contribution in [1.29, 1.82) is 0 Å². The Hall–Kier alpha value is -1.43. The standard InChI is InChI=1S/C17H26N4O/c1-12(18)17(22)21-9-7-14(8-10-21)16-15(11-19-20-16)13-5-3-2-4-6-13/h2-6,12,14-16,19-20H,7-11,18H2,1H3/t12-,15?,16?/m1/s1. The molecule has 2 heterocycles. The molecule has 0 saturated carbocycles. The van der Waals surface area contributed by atoms with Crippen LogP contribution in [0.3, 0.4) is 0 Å². The van der Waals surface area contributed by atoms with Gasteiger partial charge < -0.3 is 10.6 Å². The van der Waals surface area contributed by atoms with Crippen molar-refractivity contribution in [1.82, 2.24) is 15.8 Å². The first kappa shape index (κ1) is 15.5. The van der Waals surface area contributed by atoms with E-state index in [9.17, 15) is 4.79 Å². The van der Waals surface area contributed by atoms with Crippen LogP contribution in [-0.4, -0.2) is 42.5 Å². The molecule has 0 bridgehead atoms. The highest BCUT2D eigenvalue weighted by molar-refractivity contribution is 5.81. The summed E-state index contributed by atoms with van der Waals surface area (Å²) in [5, 5.41) is 0. The molecule has 2 aliphatic rings. The van der Waals surface area contributed by atoms with Crippen LogP contribution in [-0.2, 0) is 4.79 Å². The van der Waals surface area contributed by atoms with Crippen molar-refractivity contribution in [3.8, 4) is 0 Å². The van der Waals surface area contributed by atoms with E-state index in [1.807, 2.05) is 4.90 Å². The number of amides is 1. The minimum Gasteiger partial charge on any atom is -0.341 e. The molecule has 2 saturated heterocycles. The molecule has 4 N–H and O–H groups in total. The van der Waals surface area contributed by atoms with Crippen LogP contribution < -0.4 is 16.6 Å². The van der Waals surface area contributed by atoms with Gasteiger partial charge in [-0.2, -0.15) is 0 Å². The Kier molecular flexibility index (Phi) is 4.76. The minimum atomic E-state index is -0.389. The van der Waals surface area contributed by atoms with Crippen LogP contribution in [0.1, 0.15) is 31.2 Å². The molecule has 0 spiro atoms. The van der Waals surface area contributed by atoms with Crippen molar-refractivity contribution in [2.75, 3.05) is 19.6 Å². The highest BCUT2D eigenvalue weighted by Gasteiger charge is 2.36. The molecule has 0 radical (unpaired) electrons. The number of carbonyl (C=O) groups excluding carboxylic acids is 1. The van der Waals surface area contributed by atoms with Gasteiger partial charge in [0.15, 0.2) is 0 Å². The highest BCUT2D eigenvalue weighted by Crippen LogP contribution is 2.32. The fraction of sp³-hybridized carbons (Fsp3) is 0.588. The number of carbonyl (C=O) groups is 1. The summed E-state index contributed by atoms with van der Waals surface area (Å²) in [5.74, 6) is 1.18. The van der Waals surface area contributed by atoms with Gasteiger partial charge in [0.2, 0.25) is 5.91 Å². The normalized spacial score (nSPS) is 27.8. The average Bonchev–Trinajstić information content (AvgIpc) is 3.04. The molecular weight excluding hydrogens is 276 g/mol. The number of hydrogen-bond donors (Lipinski definition) is 3. The highest BCUT2D eigenvalue weighted by atomic mass is 16.2. The van der Waals surface area contributed by atoms with Gasteiger partial charge in [-0.25, -0.2) is 0 Å². The number of hydrazine groups is 1. The molecule has 5 heteroatoms. The molecule has 3 atom stereocenters. The van der Waals surface area contributed by atoms with Crippen molar-refractivity contribution < 1.29 is 4.79 Å². The zero-order valence-electron chi connectivity index (χ0n) is 13.2. The second-order valence-electron chi connectivity index (χ2n) is 6.52. The van der Waals surface area contributed by atoms with Gasteiger partial charge in [0.1, 0.15) is 0 Å². The molecule has 1 aromatic rings. The zero-order chi connectivity index (χ0) is 15.5. The van der Waals surface area contributed by atoms with E-state index in [2.05, 4.69) is 41.2 Å². The molecule has 0 aromatic heterocycles. The lowest BCUT2D eigenvalue weighted by atomic mass is 9.80. The Morgan fingerprint density at radius 2 is 1.95 bits per heavy atom. The summed E-state index contributed by atoms with van der Waals surface area (Å²) >= 11 is 0. The van der Waals surface area contributed by atoms with Crippen molar-refractivity contribution in [2.45, 2.75) is 37.8 Å². The summed E-state index contributed by atoms with van der Waals surface area (Å²) in [6.45, 7) is 4.38. The zero-order valence-corrected chi connectivity index (χ0v) is 13.2. The predicted molar refractivity (Wildman–Crippen MR) is 87.1 cm³/mol. The van der Waals surface area contributed by atoms with Gasteiger partial charge in [-0.05, 0) is 31.2 Å². The van der Waals surface area contributed by atoms with Gasteiger partial charge >= 0.3 is 0 Å². The third kappa shape index (κ3) is 3.16. The first-order valence-corrected chi connectivity index (χ1v) is 8.24. The fourth-order valence-electron chi connectivity index (χ4n) is 3.75. The lowest BCUT2D eigenvalue weighted by molar-refractivity contribution is -0.133. The summed E-state index contributed by atoms with van der Waals surface area (Å²) in [7, 11) is 0. The number of nitrogens with zero attached hydrogens (tertiary/aromatic N) is 1. The van der Waals surface area contributed by atoms with Crippen molar-refractivity contribution >= 4 is 5.91 Å². The second kappa shape index (κ2) is 6.77. The first-order valence-electron chi connectivity index (χ1n) is 8.24. The van der Waals surface area contributed by atoms with Crippen molar-refractivity contribution in [3.63, 3.8) is 0 Å². The van der Waals surface area contributed by atoms with Crippen LogP contribution in [0, 0.1) is 5.92 Å². The maximum atomic E-state index is 12.0. The summed E-state index contributed by atoms with van der Waals surface area (Å²) in [6.07, 6.45) is 2.09. The van der Waals surface area contributed by atoms with Crippen molar-refractivity contribution in [3.05, 3.63) is 35.9 Å². The Balaban J connectivity index is 1.62. The third-order valence-corrected chi connectivity index (χ3v) is 5.00. The number of benzene rings is 1. The average molecular weight is 302 g/mol. The number of hydrogen-bond acceptors (Lipinski definition) is 4. The van der Waals surface area contributed by atoms with E-state index in [1.54, 1.807) is 6.92 Å². The van der Waals surface area contributed by atoms with E-state index >= 15 is 0 Å². The van der Waals surface area contributed by atoms with Crippen LogP contribution in [0.4, 0.5) is 0 Å².